The average Bonchev–Trinajstić information content (AvgIpc) is 2.65. The van der Waals surface area contributed by atoms with Crippen molar-refractivity contribution >= 4 is 29.3 Å². The second-order valence-corrected chi connectivity index (χ2v) is 4.39. The van der Waals surface area contributed by atoms with Crippen LogP contribution in [0.5, 0.6) is 0 Å². The Morgan fingerprint density at radius 1 is 1.62 bits per heavy atom. The van der Waals surface area contributed by atoms with Crippen molar-refractivity contribution in [1.82, 2.24) is 5.32 Å². The molecular weight excluding hydrogens is 206 g/mol. The third-order valence-electron chi connectivity index (χ3n) is 1.95. The summed E-state index contributed by atoms with van der Waals surface area (Å²) in [5.41, 5.74) is 0. The van der Waals surface area contributed by atoms with Gasteiger partial charge in [-0.3, -0.25) is 4.79 Å². The zero-order valence-corrected chi connectivity index (χ0v) is 9.03. The minimum Gasteiger partial charge on any atom is -0.352 e. The van der Waals surface area contributed by atoms with Crippen LogP contribution in [0.25, 0.3) is 0 Å². The molecule has 1 unspecified atom stereocenters. The van der Waals surface area contributed by atoms with E-state index in [1.807, 2.05) is 23.9 Å². The number of hydrogen-bond acceptors (Lipinski definition) is 2. The van der Waals surface area contributed by atoms with Crippen molar-refractivity contribution in [3.8, 4) is 0 Å². The van der Waals surface area contributed by atoms with Gasteiger partial charge in [-0.05, 0) is 12.2 Å². The maximum atomic E-state index is 11.4. The Bertz CT molecular complexity index is 190. The van der Waals surface area contributed by atoms with Gasteiger partial charge in [0.2, 0.25) is 5.91 Å². The van der Waals surface area contributed by atoms with Gasteiger partial charge in [0.15, 0.2) is 0 Å². The normalized spacial score (nSPS) is 22.4. The summed E-state index contributed by atoms with van der Waals surface area (Å²) in [6, 6.07) is 0. The van der Waals surface area contributed by atoms with Crippen molar-refractivity contribution in [2.24, 2.45) is 5.92 Å². The molecule has 2 nitrogen and oxygen atoms in total. The van der Waals surface area contributed by atoms with Crippen molar-refractivity contribution in [2.45, 2.75) is 6.42 Å². The molecule has 1 rings (SSSR count). The van der Waals surface area contributed by atoms with Gasteiger partial charge in [0, 0.05) is 24.1 Å². The fourth-order valence-corrected chi connectivity index (χ4v) is 2.54. The Morgan fingerprint density at radius 3 is 3.08 bits per heavy atom. The zero-order valence-electron chi connectivity index (χ0n) is 7.46. The van der Waals surface area contributed by atoms with Crippen molar-refractivity contribution < 1.29 is 4.79 Å². The third kappa shape index (κ3) is 4.05. The summed E-state index contributed by atoms with van der Waals surface area (Å²) in [5, 5.41) is 2.86. The molecule has 13 heavy (non-hydrogen) atoms. The first-order valence-electron chi connectivity index (χ1n) is 4.41. The highest BCUT2D eigenvalue weighted by molar-refractivity contribution is 7.99. The number of thioether (sulfide) groups is 1. The second kappa shape index (κ2) is 6.33. The smallest absolute Gasteiger partial charge is 0.224 e. The zero-order chi connectivity index (χ0) is 9.52. The first kappa shape index (κ1) is 10.9. The van der Waals surface area contributed by atoms with Gasteiger partial charge in [0.1, 0.15) is 0 Å². The van der Waals surface area contributed by atoms with Crippen molar-refractivity contribution in [3.63, 3.8) is 0 Å². The molecule has 0 aromatic heterocycles. The predicted octanol–water partition coefficient (Wildman–Crippen LogP) is 1.65. The highest BCUT2D eigenvalue weighted by Crippen LogP contribution is 2.23. The molecule has 1 amide bonds. The second-order valence-electron chi connectivity index (χ2n) is 2.93. The number of hydrogen-bond donors (Lipinski definition) is 1. The van der Waals surface area contributed by atoms with Crippen LogP contribution in [0.4, 0.5) is 0 Å². The lowest BCUT2D eigenvalue weighted by Gasteiger charge is -2.07. The molecule has 0 radical (unpaired) electrons. The van der Waals surface area contributed by atoms with Gasteiger partial charge in [0.05, 0.1) is 0 Å². The molecule has 1 fully saturated rings. The quantitative estimate of drug-likeness (QED) is 0.576. The molecule has 0 spiro atoms. The third-order valence-corrected chi connectivity index (χ3v) is 3.29. The topological polar surface area (TPSA) is 29.1 Å². The van der Waals surface area contributed by atoms with Gasteiger partial charge in [-0.2, -0.15) is 11.8 Å². The summed E-state index contributed by atoms with van der Waals surface area (Å²) in [6.45, 7) is 0.604. The summed E-state index contributed by atoms with van der Waals surface area (Å²) < 4.78 is 0. The van der Waals surface area contributed by atoms with E-state index in [0.29, 0.717) is 12.4 Å². The molecular formula is C9H14ClNOS. The standard InChI is InChI=1S/C9H14ClNOS/c10-4-1-2-5-11-9(12)8-3-6-13-7-8/h1-2,8H,3-7H2,(H,11,12)/b2-1+. The predicted molar refractivity (Wildman–Crippen MR) is 58.3 cm³/mol. The Hall–Kier alpha value is -0.150. The molecule has 0 aromatic rings. The molecule has 0 aliphatic carbocycles. The monoisotopic (exact) mass is 219 g/mol. The van der Waals surface area contributed by atoms with E-state index in [1.54, 1.807) is 0 Å². The minimum absolute atomic E-state index is 0.184. The minimum atomic E-state index is 0.184. The molecule has 1 atom stereocenters. The first-order chi connectivity index (χ1) is 6.34. The van der Waals surface area contributed by atoms with E-state index in [9.17, 15) is 4.79 Å². The van der Waals surface area contributed by atoms with Crippen LogP contribution < -0.4 is 5.32 Å². The maximum Gasteiger partial charge on any atom is 0.224 e. The Kier molecular flexibility index (Phi) is 5.32. The number of carbonyl (C=O) groups is 1. The van der Waals surface area contributed by atoms with Gasteiger partial charge in [-0.25, -0.2) is 0 Å². The van der Waals surface area contributed by atoms with Crippen LogP contribution in [-0.4, -0.2) is 29.8 Å². The van der Waals surface area contributed by atoms with Gasteiger partial charge in [-0.1, -0.05) is 12.2 Å². The van der Waals surface area contributed by atoms with E-state index in [-0.39, 0.29) is 11.8 Å². The number of amides is 1. The molecule has 1 aliphatic heterocycles. The highest BCUT2D eigenvalue weighted by Gasteiger charge is 2.22. The van der Waals surface area contributed by atoms with E-state index >= 15 is 0 Å². The number of nitrogens with one attached hydrogen (secondary N) is 1. The lowest BCUT2D eigenvalue weighted by Crippen LogP contribution is -2.30. The summed E-state index contributed by atoms with van der Waals surface area (Å²) in [4.78, 5) is 11.4. The number of alkyl halides is 1. The van der Waals surface area contributed by atoms with Crippen LogP contribution in [0.15, 0.2) is 12.2 Å². The molecule has 4 heteroatoms. The Labute approximate surface area is 88.1 Å². The average molecular weight is 220 g/mol. The van der Waals surface area contributed by atoms with Crippen LogP contribution in [-0.2, 0) is 4.79 Å². The van der Waals surface area contributed by atoms with Crippen molar-refractivity contribution in [3.05, 3.63) is 12.2 Å². The van der Waals surface area contributed by atoms with Gasteiger partial charge in [0.25, 0.3) is 0 Å². The van der Waals surface area contributed by atoms with Gasteiger partial charge < -0.3 is 5.32 Å². The van der Waals surface area contributed by atoms with Gasteiger partial charge in [-0.15, -0.1) is 11.6 Å². The highest BCUT2D eigenvalue weighted by atomic mass is 35.5. The summed E-state index contributed by atoms with van der Waals surface area (Å²) >= 11 is 7.30. The number of rotatable bonds is 4. The maximum absolute atomic E-state index is 11.4. The SMILES string of the molecule is O=C(NC/C=C/CCl)C1CCSC1. The van der Waals surface area contributed by atoms with Crippen LogP contribution in [0.3, 0.4) is 0 Å². The molecule has 74 valence electrons. The number of carbonyl (C=O) groups excluding carboxylic acids is 1. The van der Waals surface area contributed by atoms with Crippen LogP contribution in [0.1, 0.15) is 6.42 Å². The van der Waals surface area contributed by atoms with Crippen LogP contribution in [0.2, 0.25) is 0 Å². The van der Waals surface area contributed by atoms with E-state index < -0.39 is 0 Å². The summed E-state index contributed by atoms with van der Waals surface area (Å²) in [5.74, 6) is 3.02. The molecule has 0 aromatic carbocycles. The van der Waals surface area contributed by atoms with E-state index in [1.165, 1.54) is 0 Å². The fourth-order valence-electron chi connectivity index (χ4n) is 1.19. The molecule has 0 saturated carbocycles. The van der Waals surface area contributed by atoms with Crippen LogP contribution in [0, 0.1) is 5.92 Å². The lowest BCUT2D eigenvalue weighted by molar-refractivity contribution is -0.124. The van der Waals surface area contributed by atoms with Crippen molar-refractivity contribution in [2.75, 3.05) is 23.9 Å². The lowest BCUT2D eigenvalue weighted by atomic mass is 10.1. The van der Waals surface area contributed by atoms with Crippen LogP contribution >= 0.6 is 23.4 Å². The molecule has 1 heterocycles. The summed E-state index contributed by atoms with van der Waals surface area (Å²) in [7, 11) is 0. The fraction of sp³-hybridized carbons (Fsp3) is 0.667. The van der Waals surface area contributed by atoms with E-state index in [2.05, 4.69) is 5.32 Å². The molecule has 1 saturated heterocycles. The van der Waals surface area contributed by atoms with E-state index in [4.69, 9.17) is 11.6 Å². The van der Waals surface area contributed by atoms with Gasteiger partial charge >= 0.3 is 0 Å². The molecule has 1 N–H and O–H groups in total. The van der Waals surface area contributed by atoms with Crippen molar-refractivity contribution in [1.29, 1.82) is 0 Å². The largest absolute Gasteiger partial charge is 0.352 e. The Balaban J connectivity index is 2.13. The molecule has 0 bridgehead atoms. The van der Waals surface area contributed by atoms with E-state index in [0.717, 1.165) is 17.9 Å². The number of halogens is 1. The Morgan fingerprint density at radius 2 is 2.46 bits per heavy atom. The number of allylic oxidation sites excluding steroid dienone is 1. The summed E-state index contributed by atoms with van der Waals surface area (Å²) in [6.07, 6.45) is 4.74. The molecule has 1 aliphatic rings. The first-order valence-corrected chi connectivity index (χ1v) is 6.10.